The molecule has 0 aliphatic carbocycles. The lowest BCUT2D eigenvalue weighted by Gasteiger charge is -2.05. The van der Waals surface area contributed by atoms with Gasteiger partial charge in [-0.05, 0) is 53.6 Å². The minimum atomic E-state index is -1.06. The van der Waals surface area contributed by atoms with Gasteiger partial charge in [0.05, 0.1) is 22.3 Å². The molecule has 0 radical (unpaired) electrons. The number of carboxylic acids is 4. The highest BCUT2D eigenvalue weighted by Gasteiger charge is 2.14. The van der Waals surface area contributed by atoms with E-state index in [-0.39, 0.29) is 22.3 Å². The van der Waals surface area contributed by atoms with Gasteiger partial charge in [0.25, 0.3) is 0 Å². The van der Waals surface area contributed by atoms with Gasteiger partial charge < -0.3 is 20.4 Å². The van der Waals surface area contributed by atoms with Crippen molar-refractivity contribution in [2.45, 2.75) is 6.92 Å². The number of rotatable bonds is 4. The van der Waals surface area contributed by atoms with E-state index in [4.69, 9.17) is 20.4 Å². The summed E-state index contributed by atoms with van der Waals surface area (Å²) in [4.78, 5) is 42.9. The largest absolute Gasteiger partial charge is 0.478 e. The van der Waals surface area contributed by atoms with Crippen LogP contribution in [0.3, 0.4) is 0 Å². The van der Waals surface area contributed by atoms with Crippen LogP contribution in [0.25, 0.3) is 10.8 Å². The molecule has 29 heavy (non-hydrogen) atoms. The Morgan fingerprint density at radius 3 is 1.34 bits per heavy atom. The standard InChI is InChI=1S/C12H8O4.C9H8O4/c13-11(14)9-5-6-10(12(15)16)8-4-2-1-3-7(8)9;1-5-4-6(8(10)11)2-3-7(5)9(12)13/h1-6H,(H,13,14)(H,15,16);2-4H,1H3,(H,10,11)(H,12,13). The summed E-state index contributed by atoms with van der Waals surface area (Å²) in [5.74, 6) is -4.23. The van der Waals surface area contributed by atoms with Crippen LogP contribution in [0.15, 0.2) is 54.6 Å². The second kappa shape index (κ2) is 8.66. The quantitative estimate of drug-likeness (QED) is 0.522. The van der Waals surface area contributed by atoms with E-state index in [1.54, 1.807) is 31.2 Å². The first-order valence-electron chi connectivity index (χ1n) is 8.19. The monoisotopic (exact) mass is 396 g/mol. The molecule has 8 heteroatoms. The maximum Gasteiger partial charge on any atom is 0.336 e. The molecule has 0 heterocycles. The number of fused-ring (bicyclic) bond motifs is 1. The highest BCUT2D eigenvalue weighted by atomic mass is 16.4. The first-order valence-corrected chi connectivity index (χ1v) is 8.19. The van der Waals surface area contributed by atoms with Gasteiger partial charge in [0.15, 0.2) is 0 Å². The van der Waals surface area contributed by atoms with Crippen LogP contribution >= 0.6 is 0 Å². The van der Waals surface area contributed by atoms with Crippen molar-refractivity contribution >= 4 is 34.6 Å². The van der Waals surface area contributed by atoms with Gasteiger partial charge in [-0.3, -0.25) is 0 Å². The fraction of sp³-hybridized carbons (Fsp3) is 0.0476. The van der Waals surface area contributed by atoms with Crippen molar-refractivity contribution in [2.24, 2.45) is 0 Å². The number of hydrogen-bond acceptors (Lipinski definition) is 4. The Bertz CT molecular complexity index is 1080. The summed E-state index contributed by atoms with van der Waals surface area (Å²) in [6, 6.07) is 13.1. The molecule has 0 saturated heterocycles. The second-order valence-corrected chi connectivity index (χ2v) is 5.96. The number of hydrogen-bond donors (Lipinski definition) is 4. The zero-order valence-electron chi connectivity index (χ0n) is 15.1. The van der Waals surface area contributed by atoms with Gasteiger partial charge in [-0.25, -0.2) is 19.2 Å². The molecule has 0 aliphatic heterocycles. The molecule has 4 N–H and O–H groups in total. The molecule has 3 rings (SSSR count). The molecule has 3 aromatic rings. The number of aryl methyl sites for hydroxylation is 1. The SMILES string of the molecule is Cc1cc(C(=O)O)ccc1C(=O)O.O=C(O)c1ccc(C(=O)O)c2ccccc12. The smallest absolute Gasteiger partial charge is 0.336 e. The predicted molar refractivity (Wildman–Crippen MR) is 103 cm³/mol. The van der Waals surface area contributed by atoms with E-state index in [2.05, 4.69) is 0 Å². The van der Waals surface area contributed by atoms with Gasteiger partial charge in [-0.1, -0.05) is 24.3 Å². The number of carbonyl (C=O) groups is 4. The zero-order chi connectivity index (χ0) is 21.7. The molecule has 8 nitrogen and oxygen atoms in total. The Balaban J connectivity index is 0.000000212. The van der Waals surface area contributed by atoms with Crippen molar-refractivity contribution in [3.63, 3.8) is 0 Å². The summed E-state index contributed by atoms with van der Waals surface area (Å²) in [6.07, 6.45) is 0. The van der Waals surface area contributed by atoms with Crippen LogP contribution in [0.5, 0.6) is 0 Å². The van der Waals surface area contributed by atoms with Crippen LogP contribution in [0.4, 0.5) is 0 Å². The molecule has 148 valence electrons. The van der Waals surface area contributed by atoms with Gasteiger partial charge in [0.2, 0.25) is 0 Å². The van der Waals surface area contributed by atoms with Crippen LogP contribution in [-0.2, 0) is 0 Å². The molecule has 0 atom stereocenters. The number of benzene rings is 3. The average molecular weight is 396 g/mol. The van der Waals surface area contributed by atoms with Gasteiger partial charge in [0, 0.05) is 0 Å². The molecule has 3 aromatic carbocycles. The van der Waals surface area contributed by atoms with Crippen LogP contribution in [0, 0.1) is 6.92 Å². The van der Waals surface area contributed by atoms with E-state index in [1.165, 1.54) is 30.3 Å². The minimum absolute atomic E-state index is 0.0995. The number of aromatic carboxylic acids is 4. The first kappa shape index (κ1) is 21.1. The van der Waals surface area contributed by atoms with Gasteiger partial charge in [0.1, 0.15) is 0 Å². The summed E-state index contributed by atoms with van der Waals surface area (Å²) in [7, 11) is 0. The van der Waals surface area contributed by atoms with Crippen molar-refractivity contribution in [1.82, 2.24) is 0 Å². The molecular weight excluding hydrogens is 380 g/mol. The third kappa shape index (κ3) is 4.75. The first-order chi connectivity index (χ1) is 13.6. The lowest BCUT2D eigenvalue weighted by molar-refractivity contribution is 0.0680. The zero-order valence-corrected chi connectivity index (χ0v) is 15.1. The summed E-state index contributed by atoms with van der Waals surface area (Å²) >= 11 is 0. The molecule has 0 spiro atoms. The van der Waals surface area contributed by atoms with Crippen molar-refractivity contribution in [1.29, 1.82) is 0 Å². The predicted octanol–water partition coefficient (Wildman–Crippen LogP) is 3.63. The molecular formula is C21H16O8. The van der Waals surface area contributed by atoms with Crippen LogP contribution in [0.2, 0.25) is 0 Å². The summed E-state index contributed by atoms with van der Waals surface area (Å²) in [6.45, 7) is 1.57. The summed E-state index contributed by atoms with van der Waals surface area (Å²) in [5.41, 5.74) is 0.904. The second-order valence-electron chi connectivity index (χ2n) is 5.96. The molecule has 0 saturated carbocycles. The topological polar surface area (TPSA) is 149 Å². The molecule has 0 fully saturated rings. The van der Waals surface area contributed by atoms with Crippen LogP contribution in [-0.4, -0.2) is 44.3 Å². The lowest BCUT2D eigenvalue weighted by atomic mass is 10.00. The molecule has 0 bridgehead atoms. The highest BCUT2D eigenvalue weighted by Crippen LogP contribution is 2.23. The fourth-order valence-corrected chi connectivity index (χ4v) is 2.71. The van der Waals surface area contributed by atoms with Crippen LogP contribution in [0.1, 0.15) is 47.0 Å². The van der Waals surface area contributed by atoms with Crippen molar-refractivity contribution in [2.75, 3.05) is 0 Å². The Morgan fingerprint density at radius 1 is 0.586 bits per heavy atom. The van der Waals surface area contributed by atoms with E-state index >= 15 is 0 Å². The Kier molecular flexibility index (Phi) is 6.30. The van der Waals surface area contributed by atoms with Crippen LogP contribution < -0.4 is 0 Å². The van der Waals surface area contributed by atoms with Gasteiger partial charge in [-0.2, -0.15) is 0 Å². The number of carboxylic acid groups (broad SMARTS) is 4. The Morgan fingerprint density at radius 2 is 1.00 bits per heavy atom. The van der Waals surface area contributed by atoms with E-state index in [0.717, 1.165) is 0 Å². The summed E-state index contributed by atoms with van der Waals surface area (Å²) < 4.78 is 0. The molecule has 0 amide bonds. The van der Waals surface area contributed by atoms with E-state index in [1.807, 2.05) is 0 Å². The third-order valence-electron chi connectivity index (χ3n) is 4.09. The van der Waals surface area contributed by atoms with Gasteiger partial charge in [-0.15, -0.1) is 0 Å². The van der Waals surface area contributed by atoms with Crippen molar-refractivity contribution in [3.05, 3.63) is 82.4 Å². The molecule has 0 aromatic heterocycles. The normalized spacial score (nSPS) is 9.97. The maximum absolute atomic E-state index is 10.9. The highest BCUT2D eigenvalue weighted by molar-refractivity contribution is 6.10. The maximum atomic E-state index is 10.9. The van der Waals surface area contributed by atoms with Crippen molar-refractivity contribution < 1.29 is 39.6 Å². The summed E-state index contributed by atoms with van der Waals surface area (Å²) in [5, 5.41) is 36.0. The minimum Gasteiger partial charge on any atom is -0.478 e. The molecule has 0 unspecified atom stereocenters. The van der Waals surface area contributed by atoms with E-state index < -0.39 is 23.9 Å². The average Bonchev–Trinajstić information content (AvgIpc) is 2.66. The van der Waals surface area contributed by atoms with Gasteiger partial charge >= 0.3 is 23.9 Å². The Labute approximate surface area is 164 Å². The lowest BCUT2D eigenvalue weighted by Crippen LogP contribution is -2.03. The van der Waals surface area contributed by atoms with E-state index in [0.29, 0.717) is 16.3 Å². The van der Waals surface area contributed by atoms with E-state index in [9.17, 15) is 19.2 Å². The van der Waals surface area contributed by atoms with Crippen molar-refractivity contribution in [3.8, 4) is 0 Å². The Hall–Kier alpha value is -4.20. The third-order valence-corrected chi connectivity index (χ3v) is 4.09. The fourth-order valence-electron chi connectivity index (χ4n) is 2.71. The molecule has 0 aliphatic rings.